The first kappa shape index (κ1) is 32.2. The summed E-state index contributed by atoms with van der Waals surface area (Å²) in [7, 11) is 0. The van der Waals surface area contributed by atoms with E-state index in [0.29, 0.717) is 11.8 Å². The van der Waals surface area contributed by atoms with Crippen LogP contribution in [-0.2, 0) is 0 Å². The molecular formula is C35H64. The van der Waals surface area contributed by atoms with E-state index in [1.165, 1.54) is 56.1 Å². The van der Waals surface area contributed by atoms with Crippen LogP contribution in [0.1, 0.15) is 151 Å². The number of rotatable bonds is 6. The maximum Gasteiger partial charge on any atom is -0.0219 e. The molecule has 35 heavy (non-hydrogen) atoms. The predicted octanol–water partition coefficient (Wildman–Crippen LogP) is 11.8. The molecule has 0 aliphatic heterocycles. The van der Waals surface area contributed by atoms with Crippen LogP contribution in [0.2, 0.25) is 0 Å². The average molecular weight is 485 g/mol. The van der Waals surface area contributed by atoms with Crippen molar-refractivity contribution in [1.29, 1.82) is 0 Å². The van der Waals surface area contributed by atoms with Crippen molar-refractivity contribution in [3.8, 4) is 0 Å². The van der Waals surface area contributed by atoms with E-state index in [-0.39, 0.29) is 0 Å². The van der Waals surface area contributed by atoms with Crippen LogP contribution in [0.3, 0.4) is 0 Å². The molecule has 0 aromatic heterocycles. The Kier molecular flexibility index (Phi) is 14.9. The molecule has 0 amide bonds. The van der Waals surface area contributed by atoms with Gasteiger partial charge in [-0.15, -0.1) is 0 Å². The fourth-order valence-electron chi connectivity index (χ4n) is 6.01. The maximum absolute atomic E-state index is 2.38. The van der Waals surface area contributed by atoms with E-state index in [0.717, 1.165) is 47.3 Å². The van der Waals surface area contributed by atoms with Crippen molar-refractivity contribution in [3.05, 3.63) is 35.4 Å². The van der Waals surface area contributed by atoms with E-state index in [1.807, 2.05) is 0 Å². The summed E-state index contributed by atoms with van der Waals surface area (Å²) < 4.78 is 0. The van der Waals surface area contributed by atoms with Gasteiger partial charge in [-0.3, -0.25) is 0 Å². The second kappa shape index (κ2) is 16.1. The van der Waals surface area contributed by atoms with E-state index in [2.05, 4.69) is 107 Å². The van der Waals surface area contributed by atoms with Crippen LogP contribution in [0.15, 0.2) is 24.3 Å². The Morgan fingerprint density at radius 2 is 0.629 bits per heavy atom. The van der Waals surface area contributed by atoms with Crippen molar-refractivity contribution in [2.24, 2.45) is 47.3 Å². The van der Waals surface area contributed by atoms with Crippen molar-refractivity contribution in [3.63, 3.8) is 0 Å². The first-order valence-corrected chi connectivity index (χ1v) is 15.4. The van der Waals surface area contributed by atoms with Crippen LogP contribution in [0, 0.1) is 47.3 Å². The van der Waals surface area contributed by atoms with Crippen molar-refractivity contribution < 1.29 is 0 Å². The average Bonchev–Trinajstić information content (AvgIpc) is 3.31. The van der Waals surface area contributed by atoms with Crippen molar-refractivity contribution in [2.45, 2.75) is 140 Å². The summed E-state index contributed by atoms with van der Waals surface area (Å²) in [6.45, 7) is 27.9. The van der Waals surface area contributed by atoms with Crippen LogP contribution in [0.25, 0.3) is 0 Å². The quantitative estimate of drug-likeness (QED) is 0.376. The summed E-state index contributed by atoms with van der Waals surface area (Å²) in [6.07, 6.45) is 10.4. The highest BCUT2D eigenvalue weighted by atomic mass is 14.3. The van der Waals surface area contributed by atoms with Gasteiger partial charge in [-0.25, -0.2) is 0 Å². The van der Waals surface area contributed by atoms with E-state index < -0.39 is 0 Å². The Hall–Kier alpha value is -0.780. The second-order valence-corrected chi connectivity index (χ2v) is 14.0. The molecular weight excluding hydrogens is 420 g/mol. The molecule has 0 spiro atoms. The van der Waals surface area contributed by atoms with Crippen molar-refractivity contribution >= 4 is 0 Å². The molecule has 0 heterocycles. The molecule has 0 radical (unpaired) electrons. The minimum absolute atomic E-state index is 0.645. The van der Waals surface area contributed by atoms with Crippen LogP contribution >= 0.6 is 0 Å². The van der Waals surface area contributed by atoms with Gasteiger partial charge in [0, 0.05) is 0 Å². The highest BCUT2D eigenvalue weighted by Gasteiger charge is 2.28. The Labute approximate surface area is 222 Å². The van der Waals surface area contributed by atoms with Crippen molar-refractivity contribution in [2.75, 3.05) is 0 Å². The number of hydrogen-bond acceptors (Lipinski definition) is 0. The molecule has 2 aliphatic carbocycles. The molecule has 3 rings (SSSR count). The molecule has 1 aromatic rings. The molecule has 2 unspecified atom stereocenters. The summed E-state index contributed by atoms with van der Waals surface area (Å²) in [5, 5.41) is 0. The molecule has 0 saturated heterocycles. The summed E-state index contributed by atoms with van der Waals surface area (Å²) in [6, 6.07) is 8.94. The van der Waals surface area contributed by atoms with Crippen LogP contribution in [0.4, 0.5) is 0 Å². The Morgan fingerprint density at radius 3 is 0.800 bits per heavy atom. The summed E-state index contributed by atoms with van der Waals surface area (Å²) >= 11 is 0. The highest BCUT2D eigenvalue weighted by molar-refractivity contribution is 5.26. The third-order valence-electron chi connectivity index (χ3n) is 9.37. The lowest BCUT2D eigenvalue weighted by Gasteiger charge is -2.32. The number of benzene rings is 1. The molecule has 2 atom stereocenters. The molecule has 204 valence electrons. The molecule has 0 N–H and O–H groups in total. The molecule has 1 aromatic carbocycles. The topological polar surface area (TPSA) is 0 Å². The number of hydrogen-bond donors (Lipinski definition) is 0. The van der Waals surface area contributed by atoms with E-state index in [1.54, 1.807) is 0 Å². The second-order valence-electron chi connectivity index (χ2n) is 14.0. The molecule has 2 aliphatic rings. The predicted molar refractivity (Wildman–Crippen MR) is 160 cm³/mol. The van der Waals surface area contributed by atoms with Gasteiger partial charge >= 0.3 is 0 Å². The standard InChI is InChI=1S/C12H24.C12H18.C11H22/c2*1-9(2)11-5-7-12(8-6-11)10(3)4;1-8(2)10-5-6-11(7-10)9(3)4/h9-12H,5-8H2,1-4H3;5-10H,1-4H3;8-11H,5-7H2,1-4H3. The smallest absolute Gasteiger partial charge is 0.0219 e. The minimum atomic E-state index is 0.645. The molecule has 2 fully saturated rings. The van der Waals surface area contributed by atoms with Crippen LogP contribution in [-0.4, -0.2) is 0 Å². The van der Waals surface area contributed by atoms with Gasteiger partial charge in [0.05, 0.1) is 0 Å². The maximum atomic E-state index is 2.38. The minimum Gasteiger partial charge on any atom is -0.0625 e. The first-order valence-electron chi connectivity index (χ1n) is 15.4. The van der Waals surface area contributed by atoms with Gasteiger partial charge in [-0.2, -0.15) is 0 Å². The van der Waals surface area contributed by atoms with E-state index >= 15 is 0 Å². The molecule has 0 bridgehead atoms. The first-order chi connectivity index (χ1) is 16.3. The van der Waals surface area contributed by atoms with E-state index in [4.69, 9.17) is 0 Å². The van der Waals surface area contributed by atoms with Crippen LogP contribution in [0.5, 0.6) is 0 Å². The molecule has 2 saturated carbocycles. The zero-order valence-corrected chi connectivity index (χ0v) is 26.0. The fourth-order valence-corrected chi connectivity index (χ4v) is 6.01. The van der Waals surface area contributed by atoms with Gasteiger partial charge in [-0.05, 0) is 115 Å². The Bertz CT molecular complexity index is 580. The Balaban J connectivity index is 0.000000263. The normalized spacial score (nSPS) is 24.7. The summed E-state index contributed by atoms with van der Waals surface area (Å²) in [5.74, 6) is 9.07. The highest BCUT2D eigenvalue weighted by Crippen LogP contribution is 2.39. The zero-order valence-electron chi connectivity index (χ0n) is 26.0. The summed E-state index contributed by atoms with van der Waals surface area (Å²) in [5.41, 5.74) is 2.86. The largest absolute Gasteiger partial charge is 0.0625 e. The van der Waals surface area contributed by atoms with Gasteiger partial charge in [0.25, 0.3) is 0 Å². The Morgan fingerprint density at radius 1 is 0.400 bits per heavy atom. The van der Waals surface area contributed by atoms with Crippen LogP contribution < -0.4 is 0 Å². The van der Waals surface area contributed by atoms with Gasteiger partial charge in [0.1, 0.15) is 0 Å². The third-order valence-corrected chi connectivity index (χ3v) is 9.37. The zero-order chi connectivity index (χ0) is 26.7. The molecule has 0 heteroatoms. The van der Waals surface area contributed by atoms with E-state index in [9.17, 15) is 0 Å². The monoisotopic (exact) mass is 485 g/mol. The van der Waals surface area contributed by atoms with Gasteiger partial charge in [0.2, 0.25) is 0 Å². The van der Waals surface area contributed by atoms with Gasteiger partial charge < -0.3 is 0 Å². The lowest BCUT2D eigenvalue weighted by atomic mass is 9.73. The lowest BCUT2D eigenvalue weighted by molar-refractivity contribution is 0.189. The van der Waals surface area contributed by atoms with Gasteiger partial charge in [0.15, 0.2) is 0 Å². The fraction of sp³-hybridized carbons (Fsp3) is 0.829. The SMILES string of the molecule is CC(C)C1CCC(C(C)C)C1.CC(C)C1CCC(C(C)C)CC1.CC(C)c1ccc(C(C)C)cc1. The lowest BCUT2D eigenvalue weighted by Crippen LogP contribution is -2.21. The third kappa shape index (κ3) is 11.9. The van der Waals surface area contributed by atoms with Crippen molar-refractivity contribution in [1.82, 2.24) is 0 Å². The summed E-state index contributed by atoms with van der Waals surface area (Å²) in [4.78, 5) is 0. The molecule has 0 nitrogen and oxygen atoms in total. The van der Waals surface area contributed by atoms with Gasteiger partial charge in [-0.1, -0.05) is 107 Å².